The van der Waals surface area contributed by atoms with Gasteiger partial charge in [-0.3, -0.25) is 0 Å². The lowest BCUT2D eigenvalue weighted by atomic mass is 9.68. The highest BCUT2D eigenvalue weighted by atomic mass is 16.7. The molecule has 0 aromatic carbocycles. The Hall–Kier alpha value is -0.830. The molecule has 2 aliphatic rings. The Labute approximate surface area is 96.5 Å². The maximum Gasteiger partial charge on any atom is 0.332 e. The average molecular weight is 224 g/mol. The summed E-state index contributed by atoms with van der Waals surface area (Å²) in [6, 6.07) is 0. The number of ether oxygens (including phenoxy) is 1. The van der Waals surface area contributed by atoms with Gasteiger partial charge < -0.3 is 9.84 Å². The van der Waals surface area contributed by atoms with Crippen LogP contribution in [0.15, 0.2) is 12.7 Å². The van der Waals surface area contributed by atoms with Crippen LogP contribution < -0.4 is 0 Å². The quantitative estimate of drug-likeness (QED) is 0.444. The number of esters is 1. The first kappa shape index (κ1) is 11.6. The summed E-state index contributed by atoms with van der Waals surface area (Å²) in [7, 11) is 0. The molecule has 0 radical (unpaired) electrons. The van der Waals surface area contributed by atoms with Crippen molar-refractivity contribution in [2.45, 2.75) is 45.8 Å². The third-order valence-corrected chi connectivity index (χ3v) is 5.26. The van der Waals surface area contributed by atoms with Gasteiger partial charge in [-0.15, -0.1) is 0 Å². The van der Waals surface area contributed by atoms with Gasteiger partial charge in [0.15, 0.2) is 0 Å². The van der Waals surface area contributed by atoms with Crippen LogP contribution in [0.1, 0.15) is 40.0 Å². The van der Waals surface area contributed by atoms with Crippen LogP contribution in [-0.4, -0.2) is 16.9 Å². The molecule has 2 fully saturated rings. The standard InChI is InChI=1S/C13H20O3/c1-5-10(14)16-13(15)8-9-6-7-12(13,4)11(9,2)3/h5,9,15H,1,6-8H2,2-4H3/t9-,12-,13-/m1/s1. The number of carbonyl (C=O) groups is 1. The van der Waals surface area contributed by atoms with E-state index < -0.39 is 11.8 Å². The molecule has 3 nitrogen and oxygen atoms in total. The first-order valence-electron chi connectivity index (χ1n) is 5.85. The van der Waals surface area contributed by atoms with Crippen molar-refractivity contribution >= 4 is 5.97 Å². The van der Waals surface area contributed by atoms with E-state index in [1.165, 1.54) is 0 Å². The van der Waals surface area contributed by atoms with Gasteiger partial charge in [0.05, 0.1) is 0 Å². The molecule has 0 saturated heterocycles. The summed E-state index contributed by atoms with van der Waals surface area (Å²) in [6.07, 6.45) is 3.68. The van der Waals surface area contributed by atoms with E-state index >= 15 is 0 Å². The van der Waals surface area contributed by atoms with Crippen LogP contribution in [0, 0.1) is 16.7 Å². The predicted molar refractivity (Wildman–Crippen MR) is 60.5 cm³/mol. The fraction of sp³-hybridized carbons (Fsp3) is 0.769. The van der Waals surface area contributed by atoms with Gasteiger partial charge >= 0.3 is 5.97 Å². The average Bonchev–Trinajstić information content (AvgIpc) is 2.49. The number of aliphatic hydroxyl groups is 1. The molecule has 0 aromatic heterocycles. The summed E-state index contributed by atoms with van der Waals surface area (Å²) < 4.78 is 5.22. The molecular formula is C13H20O3. The molecule has 2 rings (SSSR count). The second kappa shape index (κ2) is 3.10. The molecule has 3 atom stereocenters. The Balaban J connectivity index is 2.32. The van der Waals surface area contributed by atoms with Gasteiger partial charge in [-0.1, -0.05) is 27.4 Å². The second-order valence-corrected chi connectivity index (χ2v) is 5.90. The Morgan fingerprint density at radius 2 is 2.12 bits per heavy atom. The third-order valence-electron chi connectivity index (χ3n) is 5.26. The highest BCUT2D eigenvalue weighted by Crippen LogP contribution is 2.69. The Morgan fingerprint density at radius 1 is 1.50 bits per heavy atom. The van der Waals surface area contributed by atoms with E-state index in [2.05, 4.69) is 20.4 Å². The number of hydrogen-bond donors (Lipinski definition) is 1. The summed E-state index contributed by atoms with van der Waals surface area (Å²) in [5.74, 6) is -1.42. The van der Waals surface area contributed by atoms with Gasteiger partial charge in [0.25, 0.3) is 0 Å². The maximum absolute atomic E-state index is 11.3. The number of fused-ring (bicyclic) bond motifs is 2. The van der Waals surface area contributed by atoms with Crippen molar-refractivity contribution in [1.82, 2.24) is 0 Å². The van der Waals surface area contributed by atoms with Crippen molar-refractivity contribution in [1.29, 1.82) is 0 Å². The smallest absolute Gasteiger partial charge is 0.332 e. The number of carbonyl (C=O) groups excluding carboxylic acids is 1. The second-order valence-electron chi connectivity index (χ2n) is 5.90. The molecule has 16 heavy (non-hydrogen) atoms. The van der Waals surface area contributed by atoms with Gasteiger partial charge in [-0.25, -0.2) is 4.79 Å². The summed E-state index contributed by atoms with van der Waals surface area (Å²) in [4.78, 5) is 11.3. The van der Waals surface area contributed by atoms with Gasteiger partial charge in [0.1, 0.15) is 0 Å². The normalized spacial score (nSPS) is 44.4. The molecule has 0 spiro atoms. The minimum atomic E-state index is -1.31. The van der Waals surface area contributed by atoms with Crippen molar-refractivity contribution in [3.8, 4) is 0 Å². The zero-order valence-electron chi connectivity index (χ0n) is 10.2. The molecular weight excluding hydrogens is 204 g/mol. The zero-order valence-corrected chi connectivity index (χ0v) is 10.2. The van der Waals surface area contributed by atoms with Crippen molar-refractivity contribution in [3.63, 3.8) is 0 Å². The monoisotopic (exact) mass is 224 g/mol. The largest absolute Gasteiger partial charge is 0.429 e. The maximum atomic E-state index is 11.3. The van der Waals surface area contributed by atoms with E-state index in [4.69, 9.17) is 4.74 Å². The van der Waals surface area contributed by atoms with Crippen LogP contribution in [0.4, 0.5) is 0 Å². The van der Waals surface area contributed by atoms with E-state index in [0.717, 1.165) is 18.9 Å². The summed E-state index contributed by atoms with van der Waals surface area (Å²) in [5.41, 5.74) is -0.327. The third kappa shape index (κ3) is 1.15. The zero-order chi connectivity index (χ0) is 12.2. The first-order valence-corrected chi connectivity index (χ1v) is 5.85. The lowest BCUT2D eigenvalue weighted by Gasteiger charge is -2.43. The molecule has 0 aliphatic heterocycles. The molecule has 0 amide bonds. The molecule has 0 aromatic rings. The summed E-state index contributed by atoms with van der Waals surface area (Å²) in [5, 5.41) is 10.6. The topological polar surface area (TPSA) is 46.5 Å². The molecule has 3 heteroatoms. The number of hydrogen-bond acceptors (Lipinski definition) is 3. The van der Waals surface area contributed by atoms with Crippen LogP contribution in [0.3, 0.4) is 0 Å². The van der Waals surface area contributed by atoms with Crippen LogP contribution in [0.2, 0.25) is 0 Å². The van der Waals surface area contributed by atoms with Crippen molar-refractivity contribution in [2.75, 3.05) is 0 Å². The minimum Gasteiger partial charge on any atom is -0.429 e. The predicted octanol–water partition coefficient (Wildman–Crippen LogP) is 2.25. The van der Waals surface area contributed by atoms with Gasteiger partial charge in [0, 0.05) is 17.9 Å². The first-order chi connectivity index (χ1) is 7.27. The van der Waals surface area contributed by atoms with E-state index in [9.17, 15) is 9.90 Å². The summed E-state index contributed by atoms with van der Waals surface area (Å²) >= 11 is 0. The lowest BCUT2D eigenvalue weighted by Crippen LogP contribution is -2.50. The lowest BCUT2D eigenvalue weighted by molar-refractivity contribution is -0.257. The summed E-state index contributed by atoms with van der Waals surface area (Å²) in [6.45, 7) is 9.71. The van der Waals surface area contributed by atoms with E-state index in [-0.39, 0.29) is 10.8 Å². The van der Waals surface area contributed by atoms with E-state index in [1.54, 1.807) is 0 Å². The fourth-order valence-corrected chi connectivity index (χ4v) is 3.57. The van der Waals surface area contributed by atoms with Crippen LogP contribution in [0.25, 0.3) is 0 Å². The molecule has 0 heterocycles. The van der Waals surface area contributed by atoms with Crippen molar-refractivity contribution < 1.29 is 14.6 Å². The Kier molecular flexibility index (Phi) is 2.26. The van der Waals surface area contributed by atoms with Crippen molar-refractivity contribution in [3.05, 3.63) is 12.7 Å². The Morgan fingerprint density at radius 3 is 2.50 bits per heavy atom. The molecule has 1 N–H and O–H groups in total. The highest BCUT2D eigenvalue weighted by molar-refractivity contribution is 5.81. The molecule has 0 unspecified atom stereocenters. The SMILES string of the molecule is C=CC(=O)O[C@]1(O)C[C@H]2CC[C@]1(C)C2(C)C. The molecule has 90 valence electrons. The van der Waals surface area contributed by atoms with E-state index in [1.807, 2.05) is 6.92 Å². The fourth-order valence-electron chi connectivity index (χ4n) is 3.57. The molecule has 2 bridgehead atoms. The Bertz CT molecular complexity index is 347. The van der Waals surface area contributed by atoms with Gasteiger partial charge in [-0.05, 0) is 24.2 Å². The highest BCUT2D eigenvalue weighted by Gasteiger charge is 2.70. The molecule has 2 aliphatic carbocycles. The van der Waals surface area contributed by atoms with Gasteiger partial charge in [0.2, 0.25) is 5.79 Å². The van der Waals surface area contributed by atoms with Crippen LogP contribution in [0.5, 0.6) is 0 Å². The van der Waals surface area contributed by atoms with Crippen LogP contribution in [-0.2, 0) is 9.53 Å². The van der Waals surface area contributed by atoms with E-state index in [0.29, 0.717) is 12.3 Å². The van der Waals surface area contributed by atoms with Crippen molar-refractivity contribution in [2.24, 2.45) is 16.7 Å². The minimum absolute atomic E-state index is 0.0171. The van der Waals surface area contributed by atoms with Crippen LogP contribution >= 0.6 is 0 Å². The molecule has 2 saturated carbocycles. The van der Waals surface area contributed by atoms with Gasteiger partial charge in [-0.2, -0.15) is 0 Å². The number of rotatable bonds is 2.